The molecule has 0 spiro atoms. The van der Waals surface area contributed by atoms with Crippen molar-refractivity contribution in [3.63, 3.8) is 0 Å². The van der Waals surface area contributed by atoms with Crippen LogP contribution in [0.1, 0.15) is 54.4 Å². The number of nitrogens with zero attached hydrogens (tertiary/aromatic N) is 2. The van der Waals surface area contributed by atoms with E-state index in [1.165, 1.54) is 36.9 Å². The first-order valence-electron chi connectivity index (χ1n) is 14.5. The molecular weight excluding hydrogens is 591 g/mol. The fraction of sp³-hybridized carbons (Fsp3) is 0.333. The van der Waals surface area contributed by atoms with Crippen molar-refractivity contribution in [3.05, 3.63) is 101 Å². The van der Waals surface area contributed by atoms with Gasteiger partial charge in [0.05, 0.1) is 18.4 Å². The summed E-state index contributed by atoms with van der Waals surface area (Å²) in [5, 5.41) is 22.3. The van der Waals surface area contributed by atoms with Gasteiger partial charge in [-0.05, 0) is 72.6 Å². The molecule has 238 valence electrons. The Balaban J connectivity index is 0.00000109. The molecule has 1 heterocycles. The maximum atomic E-state index is 14.1. The van der Waals surface area contributed by atoms with Crippen molar-refractivity contribution >= 4 is 29.6 Å². The number of ether oxygens (including phenoxy) is 1. The van der Waals surface area contributed by atoms with Crippen LogP contribution in [0, 0.1) is 11.8 Å². The smallest absolute Gasteiger partial charge is 0.466 e. The van der Waals surface area contributed by atoms with Crippen molar-refractivity contribution in [1.82, 2.24) is 5.01 Å². The maximum Gasteiger partial charge on any atom is 0.503 e. The molecule has 5 rings (SSSR count). The summed E-state index contributed by atoms with van der Waals surface area (Å²) in [6, 6.07) is 22.8. The highest BCUT2D eigenvalue weighted by atomic mass is 19.4. The number of halogens is 3. The Bertz CT molecular complexity index is 1500. The van der Waals surface area contributed by atoms with Crippen LogP contribution in [-0.2, 0) is 27.3 Å². The standard InChI is InChI=1S/C32H32F3N3O3.CH2O3/c1-2-27(32(33,34)35)29(30(40)36-26-10-6-7-23(18-26)17-21-11-12-21)24-15-13-22(14-16-24)19-38-28(39)20-41-31(37-38)25-8-4-3-5-9-25;2-1(3)4/h3-10,13-16,18,21,27,29H,2,11-12,17,19-20H2,1H3,(H,36,40);(H2,2,3,4). The highest BCUT2D eigenvalue weighted by Gasteiger charge is 2.47. The largest absolute Gasteiger partial charge is 0.503 e. The first kappa shape index (κ1) is 33.0. The van der Waals surface area contributed by atoms with Gasteiger partial charge in [0, 0.05) is 11.3 Å². The zero-order valence-electron chi connectivity index (χ0n) is 24.5. The van der Waals surface area contributed by atoms with Crippen molar-refractivity contribution in [1.29, 1.82) is 0 Å². The normalized spacial score (nSPS) is 16.0. The van der Waals surface area contributed by atoms with Crippen molar-refractivity contribution < 1.29 is 42.5 Å². The second kappa shape index (κ2) is 14.7. The molecule has 9 nitrogen and oxygen atoms in total. The number of hydrazone groups is 1. The molecule has 0 saturated heterocycles. The molecule has 3 N–H and O–H groups in total. The molecule has 2 unspecified atom stereocenters. The minimum atomic E-state index is -4.56. The van der Waals surface area contributed by atoms with Crippen LogP contribution in [0.5, 0.6) is 0 Å². The van der Waals surface area contributed by atoms with Crippen LogP contribution in [0.4, 0.5) is 23.7 Å². The van der Waals surface area contributed by atoms with Crippen molar-refractivity contribution in [2.45, 2.75) is 51.2 Å². The van der Waals surface area contributed by atoms with Gasteiger partial charge in [0.25, 0.3) is 5.91 Å². The molecule has 2 amide bonds. The summed E-state index contributed by atoms with van der Waals surface area (Å²) in [5.74, 6) is -3.37. The summed E-state index contributed by atoms with van der Waals surface area (Å²) in [6.07, 6.45) is -3.38. The predicted octanol–water partition coefficient (Wildman–Crippen LogP) is 6.89. The van der Waals surface area contributed by atoms with Gasteiger partial charge in [-0.2, -0.15) is 13.2 Å². The second-order valence-electron chi connectivity index (χ2n) is 10.9. The van der Waals surface area contributed by atoms with Crippen LogP contribution in [-0.4, -0.2) is 51.9 Å². The molecule has 0 aromatic heterocycles. The molecule has 45 heavy (non-hydrogen) atoms. The minimum Gasteiger partial charge on any atom is -0.466 e. The third-order valence-corrected chi connectivity index (χ3v) is 7.48. The molecule has 3 aromatic carbocycles. The first-order chi connectivity index (χ1) is 21.4. The molecule has 0 bridgehead atoms. The van der Waals surface area contributed by atoms with Gasteiger partial charge in [0.1, 0.15) is 0 Å². The number of carboxylic acid groups (broad SMARTS) is 2. The molecule has 2 aliphatic rings. The van der Waals surface area contributed by atoms with Crippen molar-refractivity contribution in [2.24, 2.45) is 16.9 Å². The van der Waals surface area contributed by atoms with E-state index >= 15 is 0 Å². The topological polar surface area (TPSA) is 129 Å². The molecular formula is C33H34F3N3O6. The van der Waals surface area contributed by atoms with E-state index in [-0.39, 0.29) is 31.0 Å². The van der Waals surface area contributed by atoms with Crippen LogP contribution < -0.4 is 5.32 Å². The number of alkyl halides is 3. The molecule has 1 saturated carbocycles. The highest BCUT2D eigenvalue weighted by Crippen LogP contribution is 2.41. The van der Waals surface area contributed by atoms with Gasteiger partial charge in [-0.15, -0.1) is 5.10 Å². The van der Waals surface area contributed by atoms with E-state index in [1.54, 1.807) is 18.2 Å². The van der Waals surface area contributed by atoms with Crippen molar-refractivity contribution in [3.8, 4) is 0 Å². The van der Waals surface area contributed by atoms with Gasteiger partial charge < -0.3 is 20.3 Å². The number of hydrogen-bond donors (Lipinski definition) is 3. The van der Waals surface area contributed by atoms with Crippen LogP contribution in [0.15, 0.2) is 84.0 Å². The third kappa shape index (κ3) is 9.56. The van der Waals surface area contributed by atoms with E-state index in [0.29, 0.717) is 23.1 Å². The SMILES string of the molecule is CCC(C(C(=O)Nc1cccc(CC2CC2)c1)c1ccc(CN2N=C(c3ccccc3)OCC2=O)cc1)C(F)(F)F.O=C(O)O. The zero-order chi connectivity index (χ0) is 32.6. The summed E-state index contributed by atoms with van der Waals surface area (Å²) in [5.41, 5.74) is 3.19. The Labute approximate surface area is 258 Å². The van der Waals surface area contributed by atoms with Gasteiger partial charge in [-0.1, -0.05) is 61.5 Å². The van der Waals surface area contributed by atoms with E-state index in [0.717, 1.165) is 17.5 Å². The lowest BCUT2D eigenvalue weighted by Gasteiger charge is -2.28. The van der Waals surface area contributed by atoms with Gasteiger partial charge in [-0.25, -0.2) is 9.80 Å². The number of carbonyl (C=O) groups excluding carboxylic acids is 2. The average Bonchev–Trinajstić information content (AvgIpc) is 3.81. The average molecular weight is 626 g/mol. The van der Waals surface area contributed by atoms with Gasteiger partial charge in [-0.3, -0.25) is 9.59 Å². The third-order valence-electron chi connectivity index (χ3n) is 7.48. The Hall–Kier alpha value is -4.87. The van der Waals surface area contributed by atoms with Gasteiger partial charge in [0.2, 0.25) is 11.8 Å². The number of carbonyl (C=O) groups is 3. The van der Waals surface area contributed by atoms with Gasteiger partial charge >= 0.3 is 12.3 Å². The van der Waals surface area contributed by atoms with Crippen LogP contribution in [0.25, 0.3) is 0 Å². The lowest BCUT2D eigenvalue weighted by Crippen LogP contribution is -2.36. The Morgan fingerprint density at radius 3 is 2.27 bits per heavy atom. The number of amides is 2. The number of nitrogens with one attached hydrogen (secondary N) is 1. The molecule has 12 heteroatoms. The summed E-state index contributed by atoms with van der Waals surface area (Å²) < 4.78 is 47.9. The molecule has 0 radical (unpaired) electrons. The summed E-state index contributed by atoms with van der Waals surface area (Å²) >= 11 is 0. The van der Waals surface area contributed by atoms with E-state index < -0.39 is 30.1 Å². The summed E-state index contributed by atoms with van der Waals surface area (Å²) in [6.45, 7) is 1.38. The van der Waals surface area contributed by atoms with Crippen molar-refractivity contribution in [2.75, 3.05) is 11.9 Å². The van der Waals surface area contributed by atoms with E-state index in [4.69, 9.17) is 19.7 Å². The summed E-state index contributed by atoms with van der Waals surface area (Å²) in [7, 11) is 0. The predicted molar refractivity (Wildman–Crippen MR) is 161 cm³/mol. The number of hydrogen-bond acceptors (Lipinski definition) is 5. The number of rotatable bonds is 10. The van der Waals surface area contributed by atoms with E-state index in [1.807, 2.05) is 48.5 Å². The molecule has 1 aliphatic carbocycles. The number of anilines is 1. The monoisotopic (exact) mass is 625 g/mol. The van der Waals surface area contributed by atoms with Crippen LogP contribution in [0.3, 0.4) is 0 Å². The molecule has 1 fully saturated rings. The quantitative estimate of drug-likeness (QED) is 0.225. The van der Waals surface area contributed by atoms with E-state index in [9.17, 15) is 22.8 Å². The Kier molecular flexibility index (Phi) is 10.8. The first-order valence-corrected chi connectivity index (χ1v) is 14.5. The maximum absolute atomic E-state index is 14.1. The fourth-order valence-electron chi connectivity index (χ4n) is 5.12. The minimum absolute atomic E-state index is 0.111. The lowest BCUT2D eigenvalue weighted by molar-refractivity contribution is -0.183. The van der Waals surface area contributed by atoms with Gasteiger partial charge in [0.15, 0.2) is 6.61 Å². The van der Waals surface area contributed by atoms with E-state index in [2.05, 4.69) is 10.4 Å². The molecule has 2 atom stereocenters. The molecule has 3 aromatic rings. The highest BCUT2D eigenvalue weighted by molar-refractivity contribution is 5.98. The number of benzene rings is 3. The molecule has 1 aliphatic heterocycles. The van der Waals surface area contributed by atoms with Crippen LogP contribution >= 0.6 is 0 Å². The lowest BCUT2D eigenvalue weighted by atomic mass is 9.82. The fourth-order valence-corrected chi connectivity index (χ4v) is 5.12. The summed E-state index contributed by atoms with van der Waals surface area (Å²) in [4.78, 5) is 34.4. The Morgan fingerprint density at radius 1 is 1.00 bits per heavy atom. The Morgan fingerprint density at radius 2 is 1.67 bits per heavy atom. The zero-order valence-corrected chi connectivity index (χ0v) is 24.5. The van der Waals surface area contributed by atoms with Crippen LogP contribution in [0.2, 0.25) is 0 Å². The second-order valence-corrected chi connectivity index (χ2v) is 10.9.